The lowest BCUT2D eigenvalue weighted by atomic mass is 9.85. The van der Waals surface area contributed by atoms with Crippen LogP contribution in [0.4, 0.5) is 25.8 Å². The number of benzene rings is 6. The van der Waals surface area contributed by atoms with Crippen molar-refractivity contribution >= 4 is 46.6 Å². The molecule has 2 unspecified atom stereocenters. The van der Waals surface area contributed by atoms with Crippen LogP contribution in [0.15, 0.2) is 152 Å². The molecular weight excluding hydrogens is 1330 g/mol. The first kappa shape index (κ1) is 72.5. The number of rotatable bonds is 19. The summed E-state index contributed by atoms with van der Waals surface area (Å²) in [4.78, 5) is 63.6. The maximum atomic E-state index is 14.7. The van der Waals surface area contributed by atoms with Crippen LogP contribution in [0.2, 0.25) is 0 Å². The summed E-state index contributed by atoms with van der Waals surface area (Å²) in [6, 6.07) is 44.9. The number of amides is 5. The number of nitriles is 3. The van der Waals surface area contributed by atoms with E-state index in [0.29, 0.717) is 35.9 Å². The first-order valence-electron chi connectivity index (χ1n) is 34.9. The number of anilines is 3. The van der Waals surface area contributed by atoms with Crippen LogP contribution in [0, 0.1) is 51.7 Å². The van der Waals surface area contributed by atoms with Gasteiger partial charge in [0.05, 0.1) is 55.4 Å². The van der Waals surface area contributed by atoms with Crippen LogP contribution in [-0.4, -0.2) is 152 Å². The molecule has 104 heavy (non-hydrogen) atoms. The van der Waals surface area contributed by atoms with E-state index in [1.807, 2.05) is 117 Å². The molecule has 8 aromatic rings. The molecule has 3 aliphatic heterocycles. The first-order valence-corrected chi connectivity index (χ1v) is 34.9. The molecule has 6 aliphatic rings. The predicted octanol–water partition coefficient (Wildman–Crippen LogP) is 10.5. The Balaban J connectivity index is 0.000000149. The number of nitrogens with zero attached hydrogens (tertiary/aromatic N) is 9. The maximum absolute atomic E-state index is 14.7. The number of alkyl halides is 2. The van der Waals surface area contributed by atoms with Crippen molar-refractivity contribution in [3.05, 3.63) is 180 Å². The monoisotopic (exact) mass is 1410 g/mol. The molecule has 0 spiro atoms. The molecular formula is C79H80F2N12O11. The van der Waals surface area contributed by atoms with E-state index in [9.17, 15) is 48.5 Å². The summed E-state index contributed by atoms with van der Waals surface area (Å²) in [5.41, 5.74) is 10.3. The smallest absolute Gasteiger partial charge is 0.248 e. The van der Waals surface area contributed by atoms with Gasteiger partial charge in [-0.1, -0.05) is 61.0 Å². The highest BCUT2D eigenvalue weighted by molar-refractivity contribution is 5.97. The van der Waals surface area contributed by atoms with E-state index in [-0.39, 0.29) is 115 Å². The number of halogens is 2. The molecule has 3 saturated carbocycles. The average Bonchev–Trinajstić information content (AvgIpc) is 1.62. The van der Waals surface area contributed by atoms with Crippen LogP contribution in [0.25, 0.3) is 33.4 Å². The minimum Gasteiger partial charge on any atom is -0.489 e. The third-order valence-electron chi connectivity index (χ3n) is 19.7. The quantitative estimate of drug-likeness (QED) is 0.0502. The van der Waals surface area contributed by atoms with Gasteiger partial charge in [-0.15, -0.1) is 0 Å². The number of carbonyl (C=O) groups excluding carboxylic acids is 5. The van der Waals surface area contributed by atoms with Crippen molar-refractivity contribution in [2.45, 2.75) is 100 Å². The van der Waals surface area contributed by atoms with Gasteiger partial charge in [0.25, 0.3) is 0 Å². The Bertz CT molecular complexity index is 4380. The zero-order valence-electron chi connectivity index (χ0n) is 57.6. The Morgan fingerprint density at radius 3 is 1.25 bits per heavy atom. The van der Waals surface area contributed by atoms with Crippen molar-refractivity contribution in [2.75, 3.05) is 68.6 Å². The molecule has 536 valence electrons. The molecule has 3 saturated heterocycles. The Kier molecular flexibility index (Phi) is 23.2. The van der Waals surface area contributed by atoms with Crippen LogP contribution in [-0.2, 0) is 42.8 Å². The predicted molar refractivity (Wildman–Crippen MR) is 381 cm³/mol. The molecule has 6 fully saturated rings. The van der Waals surface area contributed by atoms with Crippen molar-refractivity contribution in [3.63, 3.8) is 0 Å². The number of aromatic nitrogens is 4. The Hall–Kier alpha value is -11.3. The van der Waals surface area contributed by atoms with Gasteiger partial charge in [0, 0.05) is 100 Å². The molecule has 8 atom stereocenters. The number of hydrogen-bond acceptors (Lipinski definition) is 16. The summed E-state index contributed by atoms with van der Waals surface area (Å²) in [5.74, 6) is 0.493. The molecule has 0 radical (unpaired) electrons. The second-order valence-corrected chi connectivity index (χ2v) is 26.9. The third kappa shape index (κ3) is 17.9. The Labute approximate surface area is 600 Å². The number of aliphatic hydroxyl groups excluding tert-OH is 2. The first-order chi connectivity index (χ1) is 50.4. The highest BCUT2D eigenvalue weighted by atomic mass is 19.1. The molecule has 3 aliphatic carbocycles. The summed E-state index contributed by atoms with van der Waals surface area (Å²) >= 11 is 0. The van der Waals surface area contributed by atoms with Gasteiger partial charge in [-0.2, -0.15) is 26.0 Å². The number of carbonyl (C=O) groups is 5. The van der Waals surface area contributed by atoms with E-state index in [4.69, 9.17) is 29.2 Å². The molecule has 2 aromatic heterocycles. The van der Waals surface area contributed by atoms with E-state index in [1.54, 1.807) is 58.2 Å². The number of nitrogens with one attached hydrogen (secondary N) is 3. The maximum Gasteiger partial charge on any atom is 0.248 e. The van der Waals surface area contributed by atoms with Crippen LogP contribution in [0.5, 0.6) is 17.2 Å². The highest BCUT2D eigenvalue weighted by Crippen LogP contribution is 2.49. The number of piperidine rings is 2. The summed E-state index contributed by atoms with van der Waals surface area (Å²) in [6.45, 7) is 0.303. The van der Waals surface area contributed by atoms with Crippen molar-refractivity contribution < 1.29 is 61.9 Å². The second kappa shape index (κ2) is 33.2. The molecule has 0 bridgehead atoms. The fraction of sp³-hybridized carbons (Fsp3) is 0.367. The number of aryl methyl sites for hydroxylation is 2. The normalized spacial score (nSPS) is 21.1. The van der Waals surface area contributed by atoms with Crippen LogP contribution < -0.4 is 30.2 Å². The van der Waals surface area contributed by atoms with Crippen LogP contribution >= 0.6 is 0 Å². The lowest BCUT2D eigenvalue weighted by molar-refractivity contribution is -0.138. The van der Waals surface area contributed by atoms with E-state index < -0.39 is 49.6 Å². The molecule has 25 heteroatoms. The zero-order valence-corrected chi connectivity index (χ0v) is 57.6. The van der Waals surface area contributed by atoms with Gasteiger partial charge >= 0.3 is 0 Å². The van der Waals surface area contributed by atoms with Gasteiger partial charge in [0.15, 0.2) is 12.3 Å². The molecule has 5 amide bonds. The SMILES string of the molecule is Cn1cc(C2CC2C(=O)Nc2cccc(-c3ccc(O[C@H]4CCN(C(=O)CO)C[C@H]4F)c(C#N)c3)c2)cn1.Cn1cc([C@@H]2C[C@H]2C(=O)Nc2cccc(-c3ccc(O[C@H]4CCN(C(=O)CO)C[C@H]4F)c(C#N)c3)c2)cn1.N#Cc1cc(-c2cccc(NC(=O)C3CCC3)c2)ccc1OC1CCOCC1. The highest BCUT2D eigenvalue weighted by Gasteiger charge is 2.46. The Morgan fingerprint density at radius 2 is 0.904 bits per heavy atom. The standard InChI is InChI=1S/2C28H28FN5O4.C23H24N2O3/c2*1-33-14-20(13-31-33)22-11-23(22)28(37)32-21-4-2-3-17(10-21)18-5-6-25(19(9-18)12-30)38-26-7-8-34(15-24(26)29)27(36)16-35;24-15-19-13-18(7-8-22(19)28-21-9-11-27-12-10-21)17-5-2-6-20(14-17)25-23(26)16-3-1-4-16/h2*2-6,9-10,13-14,22-24,26,35H,7-8,11,15-16H2,1H3,(H,32,37);2,5-8,13-14,16,21H,1,3-4,9-12H2,(H,25,26)/t22?,23?,24-,26+;22-,23+,24+,26-;/m10./s1. The topological polar surface area (TPSA) is 312 Å². The van der Waals surface area contributed by atoms with Crippen LogP contribution in [0.3, 0.4) is 0 Å². The van der Waals surface area contributed by atoms with E-state index in [2.05, 4.69) is 44.4 Å². The summed E-state index contributed by atoms with van der Waals surface area (Å²) < 4.78 is 55.9. The number of ether oxygens (including phenoxy) is 4. The van der Waals surface area contributed by atoms with E-state index >= 15 is 0 Å². The summed E-state index contributed by atoms with van der Waals surface area (Å²) in [5, 5.41) is 64.4. The number of aliphatic hydroxyl groups is 2. The fourth-order valence-corrected chi connectivity index (χ4v) is 13.4. The lowest BCUT2D eigenvalue weighted by Gasteiger charge is -2.34. The zero-order chi connectivity index (χ0) is 73.0. The van der Waals surface area contributed by atoms with E-state index in [1.165, 1.54) is 9.80 Å². The lowest BCUT2D eigenvalue weighted by Crippen LogP contribution is -2.50. The Morgan fingerprint density at radius 1 is 0.519 bits per heavy atom. The van der Waals surface area contributed by atoms with Gasteiger partial charge in [0.1, 0.15) is 67.0 Å². The van der Waals surface area contributed by atoms with Gasteiger partial charge in [0.2, 0.25) is 29.5 Å². The fourth-order valence-electron chi connectivity index (χ4n) is 13.4. The molecule has 6 aromatic carbocycles. The van der Waals surface area contributed by atoms with E-state index in [0.717, 1.165) is 95.1 Å². The third-order valence-corrected chi connectivity index (χ3v) is 19.7. The minimum absolute atomic E-state index is 0.0371. The van der Waals surface area contributed by atoms with Crippen LogP contribution in [0.1, 0.15) is 97.4 Å². The van der Waals surface area contributed by atoms with Gasteiger partial charge in [-0.25, -0.2) is 8.78 Å². The minimum atomic E-state index is -1.44. The molecule has 23 nitrogen and oxygen atoms in total. The van der Waals surface area contributed by atoms with Crippen molar-refractivity contribution in [2.24, 2.45) is 31.8 Å². The average molecular weight is 1410 g/mol. The van der Waals surface area contributed by atoms with Crippen molar-refractivity contribution in [1.29, 1.82) is 15.8 Å². The van der Waals surface area contributed by atoms with Gasteiger partial charge in [-0.05, 0) is 155 Å². The second-order valence-electron chi connectivity index (χ2n) is 26.9. The number of hydrogen-bond donors (Lipinski definition) is 5. The van der Waals surface area contributed by atoms with Crippen molar-refractivity contribution in [3.8, 4) is 68.8 Å². The molecule has 14 rings (SSSR count). The largest absolute Gasteiger partial charge is 0.489 e. The molecule has 5 N–H and O–H groups in total. The number of likely N-dealkylation sites (tertiary alicyclic amines) is 2. The summed E-state index contributed by atoms with van der Waals surface area (Å²) in [6.07, 6.45) is 9.97. The van der Waals surface area contributed by atoms with Gasteiger partial charge in [-0.3, -0.25) is 33.3 Å². The van der Waals surface area contributed by atoms with Crippen molar-refractivity contribution in [1.82, 2.24) is 29.4 Å². The van der Waals surface area contributed by atoms with Gasteiger partial charge < -0.3 is 54.9 Å². The molecule has 5 heterocycles. The summed E-state index contributed by atoms with van der Waals surface area (Å²) in [7, 11) is 3.71.